The van der Waals surface area contributed by atoms with Crippen LogP contribution in [0.4, 0.5) is 0 Å². The number of aliphatic hydroxyl groups is 2. The second-order valence-electron chi connectivity index (χ2n) is 2.09. The Morgan fingerprint density at radius 2 is 2.00 bits per heavy atom. The van der Waals surface area contributed by atoms with Gasteiger partial charge in [-0.1, -0.05) is 6.92 Å². The van der Waals surface area contributed by atoms with Crippen LogP contribution in [0.5, 0.6) is 0 Å². The van der Waals surface area contributed by atoms with Gasteiger partial charge in [-0.05, 0) is 19.3 Å². The summed E-state index contributed by atoms with van der Waals surface area (Å²) in [6, 6.07) is 0. The summed E-state index contributed by atoms with van der Waals surface area (Å²) in [6.07, 6.45) is 1.29. The predicted molar refractivity (Wildman–Crippen MR) is 32.2 cm³/mol. The van der Waals surface area contributed by atoms with Gasteiger partial charge in [-0.15, -0.1) is 0 Å². The minimum absolute atomic E-state index is 0.106. The van der Waals surface area contributed by atoms with E-state index in [1.54, 1.807) is 13.3 Å². The Hall–Kier alpha value is -0.0800. The van der Waals surface area contributed by atoms with Crippen LogP contribution in [-0.4, -0.2) is 22.9 Å². The van der Waals surface area contributed by atoms with Gasteiger partial charge in [0.25, 0.3) is 0 Å². The molecule has 2 unspecified atom stereocenters. The van der Waals surface area contributed by atoms with Gasteiger partial charge in [0.15, 0.2) is 0 Å². The molecule has 0 aromatic rings. The molecule has 0 aliphatic heterocycles. The van der Waals surface area contributed by atoms with Gasteiger partial charge in [-0.25, -0.2) is 0 Å². The SMILES string of the molecule is CC(O)[CH]C(C)CO. The molecule has 2 N–H and O–H groups in total. The Labute approximate surface area is 50.2 Å². The van der Waals surface area contributed by atoms with Gasteiger partial charge in [0.05, 0.1) is 6.10 Å². The molecule has 2 atom stereocenters. The molecule has 2 nitrogen and oxygen atoms in total. The molecular formula is C6H13O2. The minimum Gasteiger partial charge on any atom is -0.396 e. The lowest BCUT2D eigenvalue weighted by Gasteiger charge is -2.07. The fraction of sp³-hybridized carbons (Fsp3) is 0.833. The molecular weight excluding hydrogens is 104 g/mol. The van der Waals surface area contributed by atoms with E-state index in [0.717, 1.165) is 0 Å². The summed E-state index contributed by atoms with van der Waals surface area (Å²) in [5.41, 5.74) is 0. The molecule has 0 spiro atoms. The lowest BCUT2D eigenvalue weighted by molar-refractivity contribution is 0.186. The van der Waals surface area contributed by atoms with Crippen molar-refractivity contribution in [1.82, 2.24) is 0 Å². The van der Waals surface area contributed by atoms with E-state index in [-0.39, 0.29) is 12.5 Å². The van der Waals surface area contributed by atoms with Crippen molar-refractivity contribution in [2.24, 2.45) is 5.92 Å². The first-order valence-electron chi connectivity index (χ1n) is 2.80. The van der Waals surface area contributed by atoms with Crippen molar-refractivity contribution in [2.75, 3.05) is 6.61 Å². The fourth-order valence-corrected chi connectivity index (χ4v) is 0.536. The van der Waals surface area contributed by atoms with Crippen LogP contribution in [-0.2, 0) is 0 Å². The highest BCUT2D eigenvalue weighted by Crippen LogP contribution is 2.01. The molecule has 0 amide bonds. The molecule has 0 saturated carbocycles. The van der Waals surface area contributed by atoms with Gasteiger partial charge in [0.1, 0.15) is 0 Å². The first-order valence-corrected chi connectivity index (χ1v) is 2.80. The van der Waals surface area contributed by atoms with Crippen LogP contribution < -0.4 is 0 Å². The molecule has 2 heteroatoms. The minimum atomic E-state index is -0.405. The Kier molecular flexibility index (Phi) is 3.83. The van der Waals surface area contributed by atoms with Crippen molar-refractivity contribution in [2.45, 2.75) is 20.0 Å². The van der Waals surface area contributed by atoms with E-state index in [1.807, 2.05) is 6.92 Å². The Morgan fingerprint density at radius 1 is 1.50 bits per heavy atom. The molecule has 0 aromatic heterocycles. The third-order valence-electron chi connectivity index (χ3n) is 0.895. The number of hydrogen-bond acceptors (Lipinski definition) is 2. The van der Waals surface area contributed by atoms with Crippen LogP contribution in [0.25, 0.3) is 0 Å². The lowest BCUT2D eigenvalue weighted by Crippen LogP contribution is -2.11. The third kappa shape index (κ3) is 4.09. The molecule has 49 valence electrons. The zero-order valence-electron chi connectivity index (χ0n) is 5.33. The van der Waals surface area contributed by atoms with E-state index < -0.39 is 6.10 Å². The molecule has 0 saturated heterocycles. The van der Waals surface area contributed by atoms with E-state index in [1.165, 1.54) is 0 Å². The average molecular weight is 117 g/mol. The van der Waals surface area contributed by atoms with Crippen molar-refractivity contribution in [3.8, 4) is 0 Å². The summed E-state index contributed by atoms with van der Waals surface area (Å²) in [5, 5.41) is 17.1. The number of aliphatic hydroxyl groups excluding tert-OH is 2. The summed E-state index contributed by atoms with van der Waals surface area (Å²) in [7, 11) is 0. The summed E-state index contributed by atoms with van der Waals surface area (Å²) in [5.74, 6) is 0.106. The van der Waals surface area contributed by atoms with Crippen molar-refractivity contribution in [3.05, 3.63) is 6.42 Å². The van der Waals surface area contributed by atoms with Crippen LogP contribution in [0.2, 0.25) is 0 Å². The quantitative estimate of drug-likeness (QED) is 0.554. The molecule has 8 heavy (non-hydrogen) atoms. The van der Waals surface area contributed by atoms with E-state index in [9.17, 15) is 0 Å². The maximum absolute atomic E-state index is 8.69. The predicted octanol–water partition coefficient (Wildman–Crippen LogP) is 0.200. The summed E-state index contributed by atoms with van der Waals surface area (Å²) < 4.78 is 0. The number of rotatable bonds is 3. The molecule has 0 rings (SSSR count). The maximum Gasteiger partial charge on any atom is 0.0547 e. The Bertz CT molecular complexity index is 52.5. The average Bonchev–Trinajstić information content (AvgIpc) is 1.65. The Morgan fingerprint density at radius 3 is 2.12 bits per heavy atom. The van der Waals surface area contributed by atoms with Crippen LogP contribution in [0.15, 0.2) is 0 Å². The molecule has 0 aromatic carbocycles. The standard InChI is InChI=1S/C6H13O2/c1-5(4-7)3-6(2)8/h3,5-8H,4H2,1-2H3. The van der Waals surface area contributed by atoms with Crippen molar-refractivity contribution in [3.63, 3.8) is 0 Å². The molecule has 0 bridgehead atoms. The van der Waals surface area contributed by atoms with Gasteiger partial charge in [-0.3, -0.25) is 0 Å². The molecule has 1 radical (unpaired) electrons. The zero-order valence-corrected chi connectivity index (χ0v) is 5.33. The molecule has 0 aliphatic rings. The van der Waals surface area contributed by atoms with Crippen molar-refractivity contribution >= 4 is 0 Å². The van der Waals surface area contributed by atoms with Gasteiger partial charge >= 0.3 is 0 Å². The molecule has 0 aliphatic carbocycles. The highest BCUT2D eigenvalue weighted by molar-refractivity contribution is 4.76. The van der Waals surface area contributed by atoms with E-state index in [4.69, 9.17) is 10.2 Å². The first-order chi connectivity index (χ1) is 3.66. The lowest BCUT2D eigenvalue weighted by atomic mass is 10.1. The normalized spacial score (nSPS) is 18.0. The monoisotopic (exact) mass is 117 g/mol. The summed E-state index contributed by atoms with van der Waals surface area (Å²) in [6.45, 7) is 3.64. The largest absolute Gasteiger partial charge is 0.396 e. The first kappa shape index (κ1) is 7.92. The molecule has 0 fully saturated rings. The fourth-order valence-electron chi connectivity index (χ4n) is 0.536. The highest BCUT2D eigenvalue weighted by Gasteiger charge is 2.03. The van der Waals surface area contributed by atoms with E-state index in [0.29, 0.717) is 0 Å². The summed E-state index contributed by atoms with van der Waals surface area (Å²) in [4.78, 5) is 0. The van der Waals surface area contributed by atoms with Gasteiger partial charge in [0.2, 0.25) is 0 Å². The summed E-state index contributed by atoms with van der Waals surface area (Å²) >= 11 is 0. The number of hydrogen-bond donors (Lipinski definition) is 2. The van der Waals surface area contributed by atoms with Crippen LogP contribution in [0.1, 0.15) is 13.8 Å². The van der Waals surface area contributed by atoms with Crippen LogP contribution in [0.3, 0.4) is 0 Å². The second-order valence-corrected chi connectivity index (χ2v) is 2.09. The third-order valence-corrected chi connectivity index (χ3v) is 0.895. The van der Waals surface area contributed by atoms with Gasteiger partial charge in [0, 0.05) is 6.61 Å². The smallest absolute Gasteiger partial charge is 0.0547 e. The second kappa shape index (κ2) is 3.87. The van der Waals surface area contributed by atoms with Gasteiger partial charge < -0.3 is 10.2 Å². The van der Waals surface area contributed by atoms with Crippen LogP contribution in [0, 0.1) is 12.3 Å². The van der Waals surface area contributed by atoms with Gasteiger partial charge in [-0.2, -0.15) is 0 Å². The van der Waals surface area contributed by atoms with E-state index in [2.05, 4.69) is 0 Å². The molecule has 0 heterocycles. The highest BCUT2D eigenvalue weighted by atomic mass is 16.3. The van der Waals surface area contributed by atoms with Crippen molar-refractivity contribution < 1.29 is 10.2 Å². The topological polar surface area (TPSA) is 40.5 Å². The van der Waals surface area contributed by atoms with Crippen molar-refractivity contribution in [1.29, 1.82) is 0 Å². The van der Waals surface area contributed by atoms with Crippen LogP contribution >= 0.6 is 0 Å². The Balaban J connectivity index is 3.10. The zero-order chi connectivity index (χ0) is 6.57. The maximum atomic E-state index is 8.69. The van der Waals surface area contributed by atoms with E-state index >= 15 is 0 Å².